The van der Waals surface area contributed by atoms with E-state index in [1.165, 1.54) is 22.3 Å². The van der Waals surface area contributed by atoms with E-state index in [0.29, 0.717) is 5.84 Å². The van der Waals surface area contributed by atoms with Crippen LogP contribution in [0.2, 0.25) is 0 Å². The zero-order valence-corrected chi connectivity index (χ0v) is 28.8. The number of nitrogens with zero attached hydrogens (tertiary/aromatic N) is 2. The van der Waals surface area contributed by atoms with Crippen LogP contribution in [0.3, 0.4) is 0 Å². The van der Waals surface area contributed by atoms with Crippen molar-refractivity contribution in [2.75, 3.05) is 0 Å². The Hall–Kier alpha value is -7.04. The van der Waals surface area contributed by atoms with E-state index in [-0.39, 0.29) is 6.17 Å². The summed E-state index contributed by atoms with van der Waals surface area (Å²) in [7, 11) is 0. The summed E-state index contributed by atoms with van der Waals surface area (Å²) in [5, 5.41) is 8.05. The van der Waals surface area contributed by atoms with Gasteiger partial charge in [-0.1, -0.05) is 164 Å². The molecular formula is C49H33N3O. The van der Waals surface area contributed by atoms with Crippen LogP contribution in [0.5, 0.6) is 0 Å². The second kappa shape index (κ2) is 12.9. The second-order valence-electron chi connectivity index (χ2n) is 13.4. The molecule has 0 amide bonds. The molecular weight excluding hydrogens is 647 g/mol. The first-order valence-corrected chi connectivity index (χ1v) is 17.9. The first-order chi connectivity index (χ1) is 26.3. The molecule has 0 fully saturated rings. The zero-order chi connectivity index (χ0) is 35.1. The lowest BCUT2D eigenvalue weighted by atomic mass is 9.94. The molecule has 53 heavy (non-hydrogen) atoms. The number of amidine groups is 2. The van der Waals surface area contributed by atoms with E-state index in [1.54, 1.807) is 0 Å². The highest BCUT2D eigenvalue weighted by Gasteiger charge is 2.25. The fourth-order valence-electron chi connectivity index (χ4n) is 7.56. The van der Waals surface area contributed by atoms with Gasteiger partial charge < -0.3 is 9.73 Å². The first kappa shape index (κ1) is 30.8. The molecule has 1 aliphatic rings. The topological polar surface area (TPSA) is 49.9 Å². The van der Waals surface area contributed by atoms with Crippen LogP contribution >= 0.6 is 0 Å². The molecule has 4 heteroatoms. The molecule has 0 bridgehead atoms. The van der Waals surface area contributed by atoms with Crippen molar-refractivity contribution in [1.82, 2.24) is 5.32 Å². The smallest absolute Gasteiger partial charge is 0.160 e. The van der Waals surface area contributed by atoms with E-state index >= 15 is 0 Å². The Balaban J connectivity index is 1.12. The Morgan fingerprint density at radius 1 is 0.415 bits per heavy atom. The molecule has 1 unspecified atom stereocenters. The van der Waals surface area contributed by atoms with Crippen LogP contribution in [0, 0.1) is 0 Å². The average molecular weight is 680 g/mol. The summed E-state index contributed by atoms with van der Waals surface area (Å²) >= 11 is 0. The van der Waals surface area contributed by atoms with Gasteiger partial charge in [-0.05, 0) is 74.0 Å². The fraction of sp³-hybridized carbons (Fsp3) is 0.0204. The lowest BCUT2D eigenvalue weighted by Gasteiger charge is -2.24. The highest BCUT2D eigenvalue weighted by Crippen LogP contribution is 2.37. The third-order valence-corrected chi connectivity index (χ3v) is 10.2. The summed E-state index contributed by atoms with van der Waals surface area (Å²) in [5.41, 5.74) is 11.7. The van der Waals surface area contributed by atoms with Gasteiger partial charge >= 0.3 is 0 Å². The highest BCUT2D eigenvalue weighted by molar-refractivity contribution is 6.24. The van der Waals surface area contributed by atoms with Crippen molar-refractivity contribution in [3.05, 3.63) is 205 Å². The van der Waals surface area contributed by atoms with Gasteiger partial charge in [-0.15, -0.1) is 0 Å². The molecule has 1 aliphatic heterocycles. The van der Waals surface area contributed by atoms with E-state index in [2.05, 4.69) is 169 Å². The Morgan fingerprint density at radius 3 is 1.74 bits per heavy atom. The highest BCUT2D eigenvalue weighted by atomic mass is 16.3. The Kier molecular flexibility index (Phi) is 7.51. The minimum atomic E-state index is -0.335. The standard InChI is InChI=1S/C49H33N3O/c1-4-13-32(14-5-1)33-23-25-34(26-24-33)37-27-30-44-43(31-37)46-42(21-12-22-45(46)53-44)49-51-47(36-17-8-3-9-18-36)50-48(52-49)41-29-28-38(35-15-6-2-7-16-35)39-19-10-11-20-40(39)41/h1-31,47H,(H,50,51,52). The Labute approximate surface area is 307 Å². The molecule has 1 N–H and O–H groups in total. The molecule has 2 heterocycles. The van der Waals surface area contributed by atoms with Crippen molar-refractivity contribution in [2.24, 2.45) is 9.98 Å². The molecule has 8 aromatic carbocycles. The number of hydrogen-bond acceptors (Lipinski definition) is 4. The molecule has 1 atom stereocenters. The maximum Gasteiger partial charge on any atom is 0.160 e. The predicted octanol–water partition coefficient (Wildman–Crippen LogP) is 12.2. The summed E-state index contributed by atoms with van der Waals surface area (Å²) in [5.74, 6) is 1.44. The van der Waals surface area contributed by atoms with Gasteiger partial charge in [0.2, 0.25) is 0 Å². The molecule has 10 rings (SSSR count). The third kappa shape index (κ3) is 5.58. The van der Waals surface area contributed by atoms with E-state index in [4.69, 9.17) is 14.4 Å². The normalized spacial score (nSPS) is 14.2. The second-order valence-corrected chi connectivity index (χ2v) is 13.4. The van der Waals surface area contributed by atoms with Gasteiger partial charge in [0.25, 0.3) is 0 Å². The number of nitrogens with one attached hydrogen (secondary N) is 1. The first-order valence-electron chi connectivity index (χ1n) is 17.9. The van der Waals surface area contributed by atoms with Gasteiger partial charge in [-0.2, -0.15) is 0 Å². The van der Waals surface area contributed by atoms with Gasteiger partial charge in [0.15, 0.2) is 5.84 Å². The summed E-state index contributed by atoms with van der Waals surface area (Å²) in [4.78, 5) is 10.6. The lowest BCUT2D eigenvalue weighted by Crippen LogP contribution is -2.33. The van der Waals surface area contributed by atoms with Crippen molar-refractivity contribution in [3.8, 4) is 33.4 Å². The molecule has 0 spiro atoms. The third-order valence-electron chi connectivity index (χ3n) is 10.2. The summed E-state index contributed by atoms with van der Waals surface area (Å²) < 4.78 is 6.47. The molecule has 0 saturated carbocycles. The minimum Gasteiger partial charge on any atom is -0.456 e. The number of aliphatic imine (C=N–C) groups is 2. The maximum atomic E-state index is 6.47. The maximum absolute atomic E-state index is 6.47. The van der Waals surface area contributed by atoms with Crippen LogP contribution < -0.4 is 5.32 Å². The van der Waals surface area contributed by atoms with Gasteiger partial charge in [-0.3, -0.25) is 0 Å². The van der Waals surface area contributed by atoms with Crippen molar-refractivity contribution < 1.29 is 4.42 Å². The lowest BCUT2D eigenvalue weighted by molar-refractivity contribution is 0.668. The average Bonchev–Trinajstić information content (AvgIpc) is 3.62. The molecule has 1 aromatic heterocycles. The van der Waals surface area contributed by atoms with Crippen LogP contribution in [0.1, 0.15) is 22.9 Å². The summed E-state index contributed by atoms with van der Waals surface area (Å²) in [6, 6.07) is 65.7. The molecule has 250 valence electrons. The van der Waals surface area contributed by atoms with Crippen molar-refractivity contribution in [1.29, 1.82) is 0 Å². The molecule has 0 saturated heterocycles. The minimum absolute atomic E-state index is 0.335. The number of fused-ring (bicyclic) bond motifs is 4. The quantitative estimate of drug-likeness (QED) is 0.190. The number of furan rings is 1. The number of rotatable bonds is 6. The molecule has 0 radical (unpaired) electrons. The van der Waals surface area contributed by atoms with Crippen LogP contribution in [-0.4, -0.2) is 11.7 Å². The largest absolute Gasteiger partial charge is 0.456 e. The van der Waals surface area contributed by atoms with Gasteiger partial charge in [0.1, 0.15) is 23.2 Å². The van der Waals surface area contributed by atoms with Gasteiger partial charge in [-0.25, -0.2) is 9.98 Å². The van der Waals surface area contributed by atoms with Gasteiger partial charge in [0.05, 0.1) is 0 Å². The van der Waals surface area contributed by atoms with E-state index in [0.717, 1.165) is 66.4 Å². The van der Waals surface area contributed by atoms with Crippen molar-refractivity contribution >= 4 is 44.4 Å². The van der Waals surface area contributed by atoms with Crippen LogP contribution in [0.25, 0.3) is 66.1 Å². The van der Waals surface area contributed by atoms with Crippen molar-refractivity contribution in [2.45, 2.75) is 6.17 Å². The number of benzene rings is 8. The summed E-state index contributed by atoms with van der Waals surface area (Å²) in [6.45, 7) is 0. The van der Waals surface area contributed by atoms with Crippen LogP contribution in [0.15, 0.2) is 202 Å². The predicted molar refractivity (Wildman–Crippen MR) is 219 cm³/mol. The van der Waals surface area contributed by atoms with E-state index < -0.39 is 0 Å². The monoisotopic (exact) mass is 679 g/mol. The Morgan fingerprint density at radius 2 is 1.00 bits per heavy atom. The van der Waals surface area contributed by atoms with E-state index in [9.17, 15) is 0 Å². The molecule has 4 nitrogen and oxygen atoms in total. The van der Waals surface area contributed by atoms with Crippen LogP contribution in [0.4, 0.5) is 0 Å². The molecule has 9 aromatic rings. The van der Waals surface area contributed by atoms with Gasteiger partial charge in [0, 0.05) is 21.9 Å². The zero-order valence-electron chi connectivity index (χ0n) is 28.8. The SMILES string of the molecule is c1ccc(-c2ccc(-c3ccc4oc5cccc(C6=NC(c7ccc(-c8ccccc8)c8ccccc78)=NC(c7ccccc7)N6)c5c4c3)cc2)cc1. The molecule has 0 aliphatic carbocycles. The Bertz CT molecular complexity index is 2840. The van der Waals surface area contributed by atoms with Crippen LogP contribution in [-0.2, 0) is 0 Å². The summed E-state index contributed by atoms with van der Waals surface area (Å²) in [6.07, 6.45) is -0.335. The van der Waals surface area contributed by atoms with E-state index in [1.807, 2.05) is 24.3 Å². The fourth-order valence-corrected chi connectivity index (χ4v) is 7.56. The number of hydrogen-bond donors (Lipinski definition) is 1. The van der Waals surface area contributed by atoms with Crippen molar-refractivity contribution in [3.63, 3.8) is 0 Å².